The maximum absolute atomic E-state index is 5.64. The number of rotatable bonds is 9. The molecule has 1 aliphatic rings. The van der Waals surface area contributed by atoms with Gasteiger partial charge in [0.15, 0.2) is 0 Å². The Morgan fingerprint density at radius 1 is 1.37 bits per heavy atom. The molecule has 1 N–H and O–H groups in total. The van der Waals surface area contributed by atoms with Crippen LogP contribution in [0.25, 0.3) is 0 Å². The molecule has 1 saturated carbocycles. The third-order valence-corrected chi connectivity index (χ3v) is 3.97. The molecule has 1 heterocycles. The van der Waals surface area contributed by atoms with Gasteiger partial charge < -0.3 is 14.6 Å². The van der Waals surface area contributed by atoms with Crippen LogP contribution in [0.1, 0.15) is 52.1 Å². The normalized spacial score (nSPS) is 15.2. The molecule has 0 radical (unpaired) electrons. The highest BCUT2D eigenvalue weighted by molar-refractivity contribution is 5.26. The lowest BCUT2D eigenvalue weighted by molar-refractivity contribution is 0.456. The van der Waals surface area contributed by atoms with Crippen molar-refractivity contribution in [3.63, 3.8) is 0 Å². The molecule has 0 aromatic carbocycles. The predicted molar refractivity (Wildman–Crippen MR) is 78.3 cm³/mol. The third-order valence-electron chi connectivity index (χ3n) is 3.97. The van der Waals surface area contributed by atoms with E-state index in [1.54, 1.807) is 6.26 Å². The first kappa shape index (κ1) is 14.4. The third kappa shape index (κ3) is 4.23. The van der Waals surface area contributed by atoms with Gasteiger partial charge in [-0.2, -0.15) is 4.98 Å². The highest BCUT2D eigenvalue weighted by atomic mass is 16.4. The second kappa shape index (κ2) is 6.94. The van der Waals surface area contributed by atoms with E-state index < -0.39 is 0 Å². The molecule has 0 amide bonds. The highest BCUT2D eigenvalue weighted by Gasteiger charge is 2.21. The summed E-state index contributed by atoms with van der Waals surface area (Å²) in [6, 6.07) is 1.49. The minimum Gasteiger partial charge on any atom is -0.432 e. The Morgan fingerprint density at radius 2 is 2.11 bits per heavy atom. The molecule has 0 saturated heterocycles. The predicted octanol–water partition coefficient (Wildman–Crippen LogP) is 3.19. The van der Waals surface area contributed by atoms with Gasteiger partial charge in [0.05, 0.1) is 5.69 Å². The van der Waals surface area contributed by atoms with Crippen molar-refractivity contribution in [1.82, 2.24) is 10.3 Å². The summed E-state index contributed by atoms with van der Waals surface area (Å²) < 4.78 is 5.64. The number of hydrogen-bond acceptors (Lipinski definition) is 4. The van der Waals surface area contributed by atoms with Crippen LogP contribution in [0.15, 0.2) is 10.7 Å². The second-order valence-electron chi connectivity index (χ2n) is 5.50. The van der Waals surface area contributed by atoms with Crippen LogP contribution in [0, 0.1) is 5.92 Å². The molecule has 108 valence electrons. The maximum Gasteiger partial charge on any atom is 0.297 e. The summed E-state index contributed by atoms with van der Waals surface area (Å²) in [5, 5.41) is 3.47. The SMILES string of the molecule is CCC(CC)CN(CC)c1nc(CNC2CC2)co1. The molecule has 1 fully saturated rings. The van der Waals surface area contributed by atoms with Gasteiger partial charge in [0.2, 0.25) is 0 Å². The molecule has 1 aromatic heterocycles. The fraction of sp³-hybridized carbons (Fsp3) is 0.800. The van der Waals surface area contributed by atoms with Gasteiger partial charge in [-0.1, -0.05) is 26.7 Å². The standard InChI is InChI=1S/C15H27N3O/c1-4-12(5-2)10-18(6-3)15-17-14(11-19-15)9-16-13-7-8-13/h11-13,16H,4-10H2,1-3H3. The Hall–Kier alpha value is -1.03. The van der Waals surface area contributed by atoms with Crippen molar-refractivity contribution in [3.8, 4) is 0 Å². The van der Waals surface area contributed by atoms with E-state index in [0.29, 0.717) is 6.04 Å². The number of nitrogens with one attached hydrogen (secondary N) is 1. The molecule has 1 aromatic rings. The lowest BCUT2D eigenvalue weighted by atomic mass is 10.0. The van der Waals surface area contributed by atoms with Crippen molar-refractivity contribution in [2.45, 2.75) is 59.0 Å². The zero-order chi connectivity index (χ0) is 13.7. The molecule has 0 bridgehead atoms. The van der Waals surface area contributed by atoms with Gasteiger partial charge in [-0.3, -0.25) is 0 Å². The molecule has 19 heavy (non-hydrogen) atoms. The Balaban J connectivity index is 1.89. The fourth-order valence-electron chi connectivity index (χ4n) is 2.26. The quantitative estimate of drug-likeness (QED) is 0.744. The van der Waals surface area contributed by atoms with Gasteiger partial charge in [-0.15, -0.1) is 0 Å². The molecule has 4 heteroatoms. The summed E-state index contributed by atoms with van der Waals surface area (Å²) >= 11 is 0. The average Bonchev–Trinajstić information content (AvgIpc) is 3.16. The number of hydrogen-bond donors (Lipinski definition) is 1. The summed E-state index contributed by atoms with van der Waals surface area (Å²) in [5.41, 5.74) is 1.02. The van der Waals surface area contributed by atoms with E-state index in [9.17, 15) is 0 Å². The van der Waals surface area contributed by atoms with E-state index in [0.717, 1.165) is 37.3 Å². The summed E-state index contributed by atoms with van der Waals surface area (Å²) in [7, 11) is 0. The van der Waals surface area contributed by atoms with E-state index in [2.05, 4.69) is 36.0 Å². The minimum absolute atomic E-state index is 0.715. The van der Waals surface area contributed by atoms with Crippen molar-refractivity contribution in [2.75, 3.05) is 18.0 Å². The largest absolute Gasteiger partial charge is 0.432 e. The molecule has 2 rings (SSSR count). The molecule has 0 spiro atoms. The first-order valence-electron chi connectivity index (χ1n) is 7.69. The zero-order valence-electron chi connectivity index (χ0n) is 12.5. The molecular formula is C15H27N3O. The van der Waals surface area contributed by atoms with Crippen LogP contribution in [0.4, 0.5) is 6.01 Å². The van der Waals surface area contributed by atoms with E-state index in [4.69, 9.17) is 4.42 Å². The van der Waals surface area contributed by atoms with Crippen molar-refractivity contribution in [3.05, 3.63) is 12.0 Å². The summed E-state index contributed by atoms with van der Waals surface area (Å²) in [6.45, 7) is 9.49. The molecule has 1 aliphatic carbocycles. The van der Waals surface area contributed by atoms with Crippen molar-refractivity contribution in [1.29, 1.82) is 0 Å². The molecule has 4 nitrogen and oxygen atoms in total. The van der Waals surface area contributed by atoms with E-state index >= 15 is 0 Å². The van der Waals surface area contributed by atoms with Gasteiger partial charge in [0, 0.05) is 25.7 Å². The second-order valence-corrected chi connectivity index (χ2v) is 5.50. The van der Waals surface area contributed by atoms with Crippen molar-refractivity contribution in [2.24, 2.45) is 5.92 Å². The minimum atomic E-state index is 0.715. The van der Waals surface area contributed by atoms with Crippen molar-refractivity contribution >= 4 is 6.01 Å². The molecular weight excluding hydrogens is 238 g/mol. The Labute approximate surface area is 116 Å². The molecule has 0 atom stereocenters. The number of anilines is 1. The van der Waals surface area contributed by atoms with Gasteiger partial charge in [-0.25, -0.2) is 0 Å². The highest BCUT2D eigenvalue weighted by Crippen LogP contribution is 2.21. The van der Waals surface area contributed by atoms with Crippen LogP contribution >= 0.6 is 0 Å². The van der Waals surface area contributed by atoms with Crippen LogP contribution in [0.2, 0.25) is 0 Å². The van der Waals surface area contributed by atoms with Crippen LogP contribution in [-0.4, -0.2) is 24.1 Å². The van der Waals surface area contributed by atoms with Crippen molar-refractivity contribution < 1.29 is 4.42 Å². The number of aromatic nitrogens is 1. The van der Waals surface area contributed by atoms with Crippen LogP contribution < -0.4 is 10.2 Å². The first-order valence-corrected chi connectivity index (χ1v) is 7.69. The number of nitrogens with zero attached hydrogens (tertiary/aromatic N) is 2. The van der Waals surface area contributed by atoms with Gasteiger partial charge in [-0.05, 0) is 25.7 Å². The average molecular weight is 265 g/mol. The van der Waals surface area contributed by atoms with E-state index in [1.165, 1.54) is 25.7 Å². The fourth-order valence-corrected chi connectivity index (χ4v) is 2.26. The van der Waals surface area contributed by atoms with Crippen LogP contribution in [0.3, 0.4) is 0 Å². The Kier molecular flexibility index (Phi) is 5.25. The Morgan fingerprint density at radius 3 is 2.68 bits per heavy atom. The van der Waals surface area contributed by atoms with Crippen LogP contribution in [-0.2, 0) is 6.54 Å². The molecule has 0 unspecified atom stereocenters. The van der Waals surface area contributed by atoms with Gasteiger partial charge in [0.25, 0.3) is 6.01 Å². The smallest absolute Gasteiger partial charge is 0.297 e. The summed E-state index contributed by atoms with van der Waals surface area (Å²) in [4.78, 5) is 6.85. The summed E-state index contributed by atoms with van der Waals surface area (Å²) in [5.74, 6) is 0.722. The zero-order valence-corrected chi connectivity index (χ0v) is 12.5. The van der Waals surface area contributed by atoms with E-state index in [-0.39, 0.29) is 0 Å². The van der Waals surface area contributed by atoms with Gasteiger partial charge in [0.1, 0.15) is 6.26 Å². The lowest BCUT2D eigenvalue weighted by Gasteiger charge is -2.23. The van der Waals surface area contributed by atoms with E-state index in [1.807, 2.05) is 0 Å². The maximum atomic E-state index is 5.64. The topological polar surface area (TPSA) is 41.3 Å². The van der Waals surface area contributed by atoms with Crippen LogP contribution in [0.5, 0.6) is 0 Å². The van der Waals surface area contributed by atoms with Gasteiger partial charge >= 0.3 is 0 Å². The Bertz CT molecular complexity index is 369. The first-order chi connectivity index (χ1) is 9.26. The summed E-state index contributed by atoms with van der Waals surface area (Å²) in [6.07, 6.45) is 6.83. The lowest BCUT2D eigenvalue weighted by Crippen LogP contribution is -2.29. The monoisotopic (exact) mass is 265 g/mol. The molecule has 0 aliphatic heterocycles. The number of oxazole rings is 1.